The number of carboxylic acid groups (broad SMARTS) is 2. The van der Waals surface area contributed by atoms with Gasteiger partial charge in [-0.05, 0) is 19.4 Å². The number of carbonyl (C=O) groups excluding carboxylic acids is 1. The van der Waals surface area contributed by atoms with Crippen molar-refractivity contribution in [1.29, 1.82) is 0 Å². The van der Waals surface area contributed by atoms with Crippen molar-refractivity contribution in [1.82, 2.24) is 5.32 Å². The first kappa shape index (κ1) is 14.1. The highest BCUT2D eigenvalue weighted by molar-refractivity contribution is 5.89. The third kappa shape index (κ3) is 7.51. The van der Waals surface area contributed by atoms with Crippen molar-refractivity contribution in [2.24, 2.45) is 5.73 Å². The lowest BCUT2D eigenvalue weighted by Crippen LogP contribution is -2.36. The van der Waals surface area contributed by atoms with Crippen LogP contribution in [0.15, 0.2) is 12.2 Å². The molecule has 0 saturated carbocycles. The van der Waals surface area contributed by atoms with Gasteiger partial charge in [0.05, 0.1) is 6.04 Å². The molecule has 1 fully saturated rings. The molecule has 0 aliphatic carbocycles. The molecule has 5 N–H and O–H groups in total. The largest absolute Gasteiger partial charge is 0.478 e. The quantitative estimate of drug-likeness (QED) is 0.457. The van der Waals surface area contributed by atoms with Crippen LogP contribution in [0.1, 0.15) is 12.8 Å². The monoisotopic (exact) mass is 230 g/mol. The first-order valence-electron chi connectivity index (χ1n) is 4.60. The van der Waals surface area contributed by atoms with E-state index in [1.165, 1.54) is 0 Å². The van der Waals surface area contributed by atoms with Crippen LogP contribution in [0, 0.1) is 0 Å². The maximum atomic E-state index is 10.4. The average Bonchev–Trinajstić information content (AvgIpc) is 2.68. The molecule has 7 heteroatoms. The number of hydrogen-bond donors (Lipinski definition) is 4. The topological polar surface area (TPSA) is 130 Å². The van der Waals surface area contributed by atoms with Crippen molar-refractivity contribution in [3.63, 3.8) is 0 Å². The van der Waals surface area contributed by atoms with Crippen molar-refractivity contribution in [3.05, 3.63) is 12.2 Å². The predicted molar refractivity (Wildman–Crippen MR) is 54.6 cm³/mol. The second kappa shape index (κ2) is 7.41. The molecule has 1 heterocycles. The van der Waals surface area contributed by atoms with Gasteiger partial charge in [-0.2, -0.15) is 0 Å². The van der Waals surface area contributed by atoms with Gasteiger partial charge in [0.25, 0.3) is 0 Å². The van der Waals surface area contributed by atoms with Crippen LogP contribution in [0.4, 0.5) is 0 Å². The van der Waals surface area contributed by atoms with Crippen LogP contribution < -0.4 is 11.1 Å². The van der Waals surface area contributed by atoms with E-state index in [4.69, 9.17) is 15.9 Å². The molecule has 0 aromatic rings. The number of amides is 1. The average molecular weight is 230 g/mol. The summed E-state index contributed by atoms with van der Waals surface area (Å²) in [4.78, 5) is 29.5. The molecular formula is C9H14N2O5. The standard InChI is InChI=1S/C5H10N2O.C4H4O4/c6-5(8)4-2-1-3-7-4;5-3(6)1-2-4(7)8/h4,7H,1-3H2,(H2,6,8);1-2H,(H,5,6)(H,7,8)/b;2-1+. The molecule has 7 nitrogen and oxygen atoms in total. The van der Waals surface area contributed by atoms with Gasteiger partial charge in [0.15, 0.2) is 0 Å². The molecule has 1 aliphatic rings. The maximum absolute atomic E-state index is 10.4. The smallest absolute Gasteiger partial charge is 0.328 e. The summed E-state index contributed by atoms with van der Waals surface area (Å²) < 4.78 is 0. The van der Waals surface area contributed by atoms with Gasteiger partial charge in [-0.15, -0.1) is 0 Å². The highest BCUT2D eigenvalue weighted by Crippen LogP contribution is 2.02. The maximum Gasteiger partial charge on any atom is 0.328 e. The second-order valence-electron chi connectivity index (χ2n) is 3.06. The first-order valence-corrected chi connectivity index (χ1v) is 4.60. The zero-order chi connectivity index (χ0) is 12.6. The van der Waals surface area contributed by atoms with Crippen LogP contribution in [-0.4, -0.2) is 40.6 Å². The molecule has 0 aromatic carbocycles. The Morgan fingerprint density at radius 3 is 1.88 bits per heavy atom. The van der Waals surface area contributed by atoms with Crippen molar-refractivity contribution in [3.8, 4) is 0 Å². The zero-order valence-corrected chi connectivity index (χ0v) is 8.55. The summed E-state index contributed by atoms with van der Waals surface area (Å²) in [5.74, 6) is -2.73. The highest BCUT2D eigenvalue weighted by atomic mass is 16.4. The van der Waals surface area contributed by atoms with Crippen LogP contribution in [0.3, 0.4) is 0 Å². The molecule has 0 aromatic heterocycles. The highest BCUT2D eigenvalue weighted by Gasteiger charge is 2.18. The summed E-state index contributed by atoms with van der Waals surface area (Å²) in [5, 5.41) is 18.6. The molecule has 1 saturated heterocycles. The van der Waals surface area contributed by atoms with Crippen molar-refractivity contribution in [2.45, 2.75) is 18.9 Å². The van der Waals surface area contributed by atoms with Gasteiger partial charge in [0, 0.05) is 12.2 Å². The summed E-state index contributed by atoms with van der Waals surface area (Å²) in [6.45, 7) is 0.938. The summed E-state index contributed by atoms with van der Waals surface area (Å²) in [6.07, 6.45) is 3.10. The summed E-state index contributed by atoms with van der Waals surface area (Å²) in [5.41, 5.74) is 5.00. The van der Waals surface area contributed by atoms with E-state index in [2.05, 4.69) is 5.32 Å². The molecule has 1 rings (SSSR count). The number of nitrogens with two attached hydrogens (primary N) is 1. The van der Waals surface area contributed by atoms with E-state index in [1.54, 1.807) is 0 Å². The normalized spacial score (nSPS) is 18.9. The number of carboxylic acids is 2. The third-order valence-corrected chi connectivity index (χ3v) is 1.77. The van der Waals surface area contributed by atoms with Gasteiger partial charge in [-0.1, -0.05) is 0 Å². The lowest BCUT2D eigenvalue weighted by Gasteiger charge is -2.01. The Morgan fingerprint density at radius 2 is 1.69 bits per heavy atom. The Morgan fingerprint density at radius 1 is 1.19 bits per heavy atom. The summed E-state index contributed by atoms with van der Waals surface area (Å²) in [7, 11) is 0. The second-order valence-corrected chi connectivity index (χ2v) is 3.06. The van der Waals surface area contributed by atoms with Gasteiger partial charge in [0.1, 0.15) is 0 Å². The Hall–Kier alpha value is -1.89. The van der Waals surface area contributed by atoms with Crippen LogP contribution >= 0.6 is 0 Å². The van der Waals surface area contributed by atoms with Gasteiger partial charge >= 0.3 is 11.9 Å². The van der Waals surface area contributed by atoms with Crippen molar-refractivity contribution in [2.75, 3.05) is 6.54 Å². The number of hydrogen-bond acceptors (Lipinski definition) is 4. The van der Waals surface area contributed by atoms with Gasteiger partial charge < -0.3 is 21.3 Å². The van der Waals surface area contributed by atoms with Crippen molar-refractivity contribution >= 4 is 17.8 Å². The number of primary amides is 1. The molecule has 0 bridgehead atoms. The molecule has 0 radical (unpaired) electrons. The van der Waals surface area contributed by atoms with E-state index in [9.17, 15) is 14.4 Å². The van der Waals surface area contributed by atoms with E-state index < -0.39 is 11.9 Å². The minimum absolute atomic E-state index is 0.0463. The summed E-state index contributed by atoms with van der Waals surface area (Å²) >= 11 is 0. The van der Waals surface area contributed by atoms with Crippen LogP contribution in [0.2, 0.25) is 0 Å². The van der Waals surface area contributed by atoms with Gasteiger partial charge in [0.2, 0.25) is 5.91 Å². The van der Waals surface area contributed by atoms with E-state index >= 15 is 0 Å². The molecule has 16 heavy (non-hydrogen) atoms. The van der Waals surface area contributed by atoms with Crippen LogP contribution in [0.25, 0.3) is 0 Å². The minimum Gasteiger partial charge on any atom is -0.478 e. The van der Waals surface area contributed by atoms with Crippen LogP contribution in [0.5, 0.6) is 0 Å². The zero-order valence-electron chi connectivity index (χ0n) is 8.55. The predicted octanol–water partition coefficient (Wildman–Crippen LogP) is -1.06. The minimum atomic E-state index is -1.26. The molecule has 1 aliphatic heterocycles. The number of rotatable bonds is 3. The Bertz CT molecular complexity index is 278. The SMILES string of the molecule is NC(=O)C1CCCN1.O=C(O)/C=C/C(=O)O. The van der Waals surface area contributed by atoms with E-state index in [0.29, 0.717) is 12.2 Å². The fourth-order valence-corrected chi connectivity index (χ4v) is 1.07. The first-order chi connectivity index (χ1) is 7.43. The number of nitrogens with one attached hydrogen (secondary N) is 1. The molecule has 0 spiro atoms. The molecule has 1 unspecified atom stereocenters. The fraction of sp³-hybridized carbons (Fsp3) is 0.444. The van der Waals surface area contributed by atoms with Gasteiger partial charge in [-0.3, -0.25) is 4.79 Å². The Balaban J connectivity index is 0.000000281. The molecule has 1 atom stereocenters. The van der Waals surface area contributed by atoms with E-state index in [-0.39, 0.29) is 11.9 Å². The number of aliphatic carboxylic acids is 2. The van der Waals surface area contributed by atoms with E-state index in [1.807, 2.05) is 0 Å². The fourth-order valence-electron chi connectivity index (χ4n) is 1.07. The van der Waals surface area contributed by atoms with Gasteiger partial charge in [-0.25, -0.2) is 9.59 Å². The summed E-state index contributed by atoms with van der Waals surface area (Å²) in [6, 6.07) is -0.0463. The third-order valence-electron chi connectivity index (χ3n) is 1.77. The molecule has 90 valence electrons. The Kier molecular flexibility index (Phi) is 6.53. The molecular weight excluding hydrogens is 216 g/mol. The van der Waals surface area contributed by atoms with E-state index in [0.717, 1.165) is 19.4 Å². The lowest BCUT2D eigenvalue weighted by molar-refractivity contribution is -0.134. The lowest BCUT2D eigenvalue weighted by atomic mass is 10.2. The van der Waals surface area contributed by atoms with Crippen LogP contribution in [-0.2, 0) is 14.4 Å². The Labute approximate surface area is 91.9 Å². The number of carbonyl (C=O) groups is 3. The van der Waals surface area contributed by atoms with Crippen molar-refractivity contribution < 1.29 is 24.6 Å². The molecule has 1 amide bonds.